The van der Waals surface area contributed by atoms with Crippen molar-refractivity contribution in [3.05, 3.63) is 29.8 Å². The minimum absolute atomic E-state index is 0.108. The Hall–Kier alpha value is -1.67. The lowest BCUT2D eigenvalue weighted by molar-refractivity contribution is 0.475. The minimum Gasteiger partial charge on any atom is -0.508 e. The summed E-state index contributed by atoms with van der Waals surface area (Å²) in [7, 11) is -2.92. The fourth-order valence-corrected chi connectivity index (χ4v) is 3.75. The molecule has 1 heterocycles. The molecule has 0 aliphatic carbocycles. The van der Waals surface area contributed by atoms with Crippen LogP contribution in [-0.4, -0.2) is 42.4 Å². The van der Waals surface area contributed by atoms with Crippen LogP contribution in [0.15, 0.2) is 29.4 Å². The van der Waals surface area contributed by atoms with Crippen molar-refractivity contribution in [1.82, 2.24) is 10.7 Å². The van der Waals surface area contributed by atoms with Crippen molar-refractivity contribution >= 4 is 33.4 Å². The first-order chi connectivity index (χ1) is 9.44. The van der Waals surface area contributed by atoms with Gasteiger partial charge in [0, 0.05) is 6.04 Å². The Morgan fingerprint density at radius 1 is 1.40 bits per heavy atom. The van der Waals surface area contributed by atoms with Crippen molar-refractivity contribution in [2.24, 2.45) is 5.10 Å². The van der Waals surface area contributed by atoms with E-state index in [2.05, 4.69) is 15.8 Å². The molecule has 2 rings (SSSR count). The number of phenols is 1. The third-order valence-corrected chi connectivity index (χ3v) is 4.82. The molecule has 0 aromatic heterocycles. The highest BCUT2D eigenvalue weighted by atomic mass is 32.2. The van der Waals surface area contributed by atoms with Gasteiger partial charge in [-0.3, -0.25) is 5.43 Å². The summed E-state index contributed by atoms with van der Waals surface area (Å²) in [5.41, 5.74) is 3.44. The lowest BCUT2D eigenvalue weighted by Crippen LogP contribution is -2.40. The molecular formula is C12H15N3O3S2. The van der Waals surface area contributed by atoms with Gasteiger partial charge < -0.3 is 10.4 Å². The summed E-state index contributed by atoms with van der Waals surface area (Å²) in [5.74, 6) is 0.496. The van der Waals surface area contributed by atoms with Gasteiger partial charge in [-0.15, -0.1) is 0 Å². The largest absolute Gasteiger partial charge is 0.508 e. The molecule has 0 saturated carbocycles. The van der Waals surface area contributed by atoms with Gasteiger partial charge in [0.05, 0.1) is 17.7 Å². The predicted molar refractivity (Wildman–Crippen MR) is 81.6 cm³/mol. The highest BCUT2D eigenvalue weighted by Gasteiger charge is 2.27. The van der Waals surface area contributed by atoms with Crippen LogP contribution in [0.3, 0.4) is 0 Å². The molecule has 0 amide bonds. The van der Waals surface area contributed by atoms with Crippen molar-refractivity contribution in [2.75, 3.05) is 11.5 Å². The quantitative estimate of drug-likeness (QED) is 0.424. The second-order valence-corrected chi connectivity index (χ2v) is 7.17. The van der Waals surface area contributed by atoms with Crippen LogP contribution in [0.5, 0.6) is 5.75 Å². The number of nitrogens with one attached hydrogen (secondary N) is 2. The number of rotatable bonds is 3. The van der Waals surface area contributed by atoms with Crippen molar-refractivity contribution in [3.63, 3.8) is 0 Å². The molecule has 20 heavy (non-hydrogen) atoms. The van der Waals surface area contributed by atoms with Gasteiger partial charge in [0.25, 0.3) is 0 Å². The Labute approximate surface area is 122 Å². The van der Waals surface area contributed by atoms with Crippen LogP contribution in [0, 0.1) is 0 Å². The maximum atomic E-state index is 11.3. The van der Waals surface area contributed by atoms with E-state index in [1.54, 1.807) is 30.5 Å². The van der Waals surface area contributed by atoms with Gasteiger partial charge in [-0.05, 0) is 48.5 Å². The van der Waals surface area contributed by atoms with Gasteiger partial charge >= 0.3 is 0 Å². The third-order valence-electron chi connectivity index (χ3n) is 2.84. The van der Waals surface area contributed by atoms with E-state index in [-0.39, 0.29) is 23.3 Å². The van der Waals surface area contributed by atoms with Crippen LogP contribution in [0.2, 0.25) is 0 Å². The molecule has 0 bridgehead atoms. The van der Waals surface area contributed by atoms with E-state index in [0.717, 1.165) is 5.56 Å². The molecule has 1 fully saturated rings. The first-order valence-electron chi connectivity index (χ1n) is 6.04. The standard InChI is InChI=1S/C12H15N3O3S2/c16-11-3-1-9(2-4-11)7-13-15-12(19)14-10-5-6-20(17,18)8-10/h1-4,7,10,16H,5-6,8H2,(H2,14,15,19)/b13-7+. The summed E-state index contributed by atoms with van der Waals surface area (Å²) < 4.78 is 22.6. The van der Waals surface area contributed by atoms with Crippen molar-refractivity contribution in [2.45, 2.75) is 12.5 Å². The van der Waals surface area contributed by atoms with Crippen LogP contribution in [0.25, 0.3) is 0 Å². The van der Waals surface area contributed by atoms with E-state index >= 15 is 0 Å². The highest BCUT2D eigenvalue weighted by molar-refractivity contribution is 7.91. The zero-order chi connectivity index (χ0) is 14.6. The topological polar surface area (TPSA) is 90.8 Å². The molecule has 1 unspecified atom stereocenters. The Morgan fingerprint density at radius 3 is 2.70 bits per heavy atom. The molecule has 1 aromatic carbocycles. The monoisotopic (exact) mass is 313 g/mol. The van der Waals surface area contributed by atoms with E-state index in [1.165, 1.54) is 0 Å². The number of benzene rings is 1. The Bertz CT molecular complexity index is 611. The van der Waals surface area contributed by atoms with Gasteiger partial charge in [0.2, 0.25) is 0 Å². The molecule has 3 N–H and O–H groups in total. The number of hydrazone groups is 1. The van der Waals surface area contributed by atoms with Gasteiger partial charge in [-0.25, -0.2) is 8.42 Å². The summed E-state index contributed by atoms with van der Waals surface area (Å²) in [6.45, 7) is 0. The van der Waals surface area contributed by atoms with Crippen LogP contribution in [-0.2, 0) is 9.84 Å². The first kappa shape index (κ1) is 14.7. The molecular weight excluding hydrogens is 298 g/mol. The van der Waals surface area contributed by atoms with E-state index in [1.807, 2.05) is 0 Å². The lowest BCUT2D eigenvalue weighted by Gasteiger charge is -2.11. The zero-order valence-electron chi connectivity index (χ0n) is 10.6. The maximum absolute atomic E-state index is 11.3. The number of sulfone groups is 1. The third kappa shape index (κ3) is 4.46. The number of thiocarbonyl (C=S) groups is 1. The smallest absolute Gasteiger partial charge is 0.187 e. The number of hydrogen-bond acceptors (Lipinski definition) is 5. The summed E-state index contributed by atoms with van der Waals surface area (Å²) >= 11 is 5.03. The molecule has 1 aliphatic rings. The summed E-state index contributed by atoms with van der Waals surface area (Å²) in [6.07, 6.45) is 2.12. The van der Waals surface area contributed by atoms with Gasteiger partial charge in [-0.1, -0.05) is 0 Å². The fraction of sp³-hybridized carbons (Fsp3) is 0.333. The summed E-state index contributed by atoms with van der Waals surface area (Å²) in [4.78, 5) is 0. The van der Waals surface area contributed by atoms with Gasteiger partial charge in [0.1, 0.15) is 5.75 Å². The van der Waals surface area contributed by atoms with E-state index < -0.39 is 9.84 Å². The average Bonchev–Trinajstić information content (AvgIpc) is 2.71. The van der Waals surface area contributed by atoms with Crippen molar-refractivity contribution in [3.8, 4) is 5.75 Å². The van der Waals surface area contributed by atoms with Crippen LogP contribution in [0.1, 0.15) is 12.0 Å². The molecule has 1 aromatic rings. The second-order valence-electron chi connectivity index (χ2n) is 4.53. The Kier molecular flexibility index (Phi) is 4.56. The van der Waals surface area contributed by atoms with Crippen LogP contribution >= 0.6 is 12.2 Å². The molecule has 6 nitrogen and oxygen atoms in total. The van der Waals surface area contributed by atoms with E-state index in [4.69, 9.17) is 17.3 Å². The Balaban J connectivity index is 1.79. The number of phenolic OH excluding ortho intramolecular Hbond substituents is 1. The van der Waals surface area contributed by atoms with Crippen molar-refractivity contribution < 1.29 is 13.5 Å². The molecule has 0 radical (unpaired) electrons. The number of aromatic hydroxyl groups is 1. The van der Waals surface area contributed by atoms with Crippen LogP contribution < -0.4 is 10.7 Å². The first-order valence-corrected chi connectivity index (χ1v) is 8.27. The predicted octanol–water partition coefficient (Wildman–Crippen LogP) is 0.377. The van der Waals surface area contributed by atoms with E-state index in [0.29, 0.717) is 11.5 Å². The van der Waals surface area contributed by atoms with Gasteiger partial charge in [0.15, 0.2) is 14.9 Å². The maximum Gasteiger partial charge on any atom is 0.187 e. The zero-order valence-corrected chi connectivity index (χ0v) is 12.2. The van der Waals surface area contributed by atoms with Crippen LogP contribution in [0.4, 0.5) is 0 Å². The Morgan fingerprint density at radius 2 is 2.10 bits per heavy atom. The molecule has 108 valence electrons. The molecule has 1 atom stereocenters. The van der Waals surface area contributed by atoms with Crippen molar-refractivity contribution in [1.29, 1.82) is 0 Å². The lowest BCUT2D eigenvalue weighted by atomic mass is 10.2. The average molecular weight is 313 g/mol. The summed E-state index contributed by atoms with van der Waals surface area (Å²) in [6, 6.07) is 6.38. The van der Waals surface area contributed by atoms with Gasteiger partial charge in [-0.2, -0.15) is 5.10 Å². The van der Waals surface area contributed by atoms with E-state index in [9.17, 15) is 8.42 Å². The second kappa shape index (κ2) is 6.19. The summed E-state index contributed by atoms with van der Waals surface area (Å²) in [5, 5.41) is 16.3. The number of nitrogens with zero attached hydrogens (tertiary/aromatic N) is 1. The molecule has 1 aliphatic heterocycles. The fourth-order valence-electron chi connectivity index (χ4n) is 1.85. The highest BCUT2D eigenvalue weighted by Crippen LogP contribution is 2.11. The minimum atomic E-state index is -2.92. The molecule has 0 spiro atoms. The SMILES string of the molecule is O=S1(=O)CCC(NC(=S)N/N=C/c2ccc(O)cc2)C1. The number of hydrogen-bond donors (Lipinski definition) is 3. The molecule has 8 heteroatoms. The molecule has 1 saturated heterocycles. The normalized spacial score (nSPS) is 20.9.